The van der Waals surface area contributed by atoms with Gasteiger partial charge in [0.2, 0.25) is 0 Å². The summed E-state index contributed by atoms with van der Waals surface area (Å²) >= 11 is 0. The minimum absolute atomic E-state index is 0.0459. The molecule has 54 valence electrons. The fourth-order valence-electron chi connectivity index (χ4n) is 0.652. The molecule has 1 N–H and O–H groups in total. The molecule has 0 aromatic heterocycles. The van der Waals surface area contributed by atoms with E-state index in [0.717, 1.165) is 12.2 Å². The van der Waals surface area contributed by atoms with E-state index in [1.54, 1.807) is 0 Å². The molecule has 1 nitrogen and oxygen atoms in total. The van der Waals surface area contributed by atoms with Crippen LogP contribution in [-0.2, 0) is 0 Å². The average Bonchev–Trinajstić information content (AvgIpc) is 1.93. The van der Waals surface area contributed by atoms with Crippen molar-refractivity contribution in [3.05, 3.63) is 35.6 Å². The van der Waals surface area contributed by atoms with E-state index >= 15 is 0 Å². The topological polar surface area (TPSA) is 20.2 Å². The fourth-order valence-corrected chi connectivity index (χ4v) is 0.652. The number of aliphatic hydroxyl groups excluding tert-OH is 1. The van der Waals surface area contributed by atoms with E-state index in [0.29, 0.717) is 0 Å². The zero-order valence-electron chi connectivity index (χ0n) is 5.14. The van der Waals surface area contributed by atoms with Gasteiger partial charge in [-0.1, -0.05) is 0 Å². The summed E-state index contributed by atoms with van der Waals surface area (Å²) < 4.78 is 24.6. The van der Waals surface area contributed by atoms with E-state index in [-0.39, 0.29) is 12.2 Å². The Hall–Kier alpha value is -1.12. The Balaban J connectivity index is 2.90. The maximum atomic E-state index is 12.3. The van der Waals surface area contributed by atoms with Crippen LogP contribution in [0.2, 0.25) is 0 Å². The van der Waals surface area contributed by atoms with Gasteiger partial charge in [0.25, 0.3) is 0 Å². The van der Waals surface area contributed by atoms with Crippen molar-refractivity contribution in [2.24, 2.45) is 0 Å². The van der Waals surface area contributed by atoms with E-state index in [1.807, 2.05) is 0 Å². The first kappa shape index (κ1) is 6.99. The predicted octanol–water partition coefficient (Wildman–Crippen LogP) is 2.54. The van der Waals surface area contributed by atoms with Gasteiger partial charge in [-0.15, -0.1) is 0 Å². The van der Waals surface area contributed by atoms with Crippen LogP contribution >= 0.6 is 0 Å². The first-order valence-corrected chi connectivity index (χ1v) is 2.81. The predicted molar refractivity (Wildman–Crippen MR) is 33.7 cm³/mol. The number of allylic oxidation sites excluding steroid dienone is 5. The highest BCUT2D eigenvalue weighted by Crippen LogP contribution is 2.16. The van der Waals surface area contributed by atoms with Crippen LogP contribution in [0.15, 0.2) is 35.6 Å². The second-order valence-electron chi connectivity index (χ2n) is 1.95. The molecule has 1 aliphatic carbocycles. The number of rotatable bonds is 0. The molecule has 0 bridgehead atoms. The Morgan fingerprint density at radius 3 is 2.70 bits per heavy atom. The summed E-state index contributed by atoms with van der Waals surface area (Å²) in [4.78, 5) is 0. The molecule has 0 atom stereocenters. The summed E-state index contributed by atoms with van der Waals surface area (Å²) in [6.45, 7) is 0. The first-order valence-electron chi connectivity index (χ1n) is 2.81. The number of hydrogen-bond donors (Lipinski definition) is 1. The number of hydrogen-bond acceptors (Lipinski definition) is 1. The smallest absolute Gasteiger partial charge is 0.129 e. The molecule has 0 saturated carbocycles. The van der Waals surface area contributed by atoms with E-state index in [1.165, 1.54) is 6.08 Å². The second-order valence-corrected chi connectivity index (χ2v) is 1.95. The average molecular weight is 144 g/mol. The molecule has 0 amide bonds. The van der Waals surface area contributed by atoms with E-state index in [9.17, 15) is 8.78 Å². The number of halogens is 2. The van der Waals surface area contributed by atoms with Crippen molar-refractivity contribution in [3.8, 4) is 0 Å². The normalized spacial score (nSPS) is 18.8. The van der Waals surface area contributed by atoms with Crippen molar-refractivity contribution >= 4 is 0 Å². The van der Waals surface area contributed by atoms with Gasteiger partial charge in [-0.3, -0.25) is 0 Å². The first-order chi connectivity index (χ1) is 4.68. The van der Waals surface area contributed by atoms with Crippen molar-refractivity contribution in [1.82, 2.24) is 0 Å². The number of aliphatic hydroxyl groups is 1. The van der Waals surface area contributed by atoms with Gasteiger partial charge in [0, 0.05) is 18.6 Å². The van der Waals surface area contributed by atoms with Gasteiger partial charge >= 0.3 is 0 Å². The fraction of sp³-hybridized carbons (Fsp3) is 0.143. The summed E-state index contributed by atoms with van der Waals surface area (Å²) in [5.74, 6) is -1.58. The highest BCUT2D eigenvalue weighted by molar-refractivity contribution is 5.27. The van der Waals surface area contributed by atoms with Gasteiger partial charge in [-0.25, -0.2) is 8.78 Å². The van der Waals surface area contributed by atoms with E-state index in [2.05, 4.69) is 0 Å². The third-order valence-electron chi connectivity index (χ3n) is 1.09. The Bertz CT molecular complexity index is 226. The zero-order valence-corrected chi connectivity index (χ0v) is 5.14. The molecule has 1 aliphatic rings. The van der Waals surface area contributed by atoms with Gasteiger partial charge < -0.3 is 5.11 Å². The molecular formula is C7H6F2O. The summed E-state index contributed by atoms with van der Waals surface area (Å²) in [5.41, 5.74) is 0. The van der Waals surface area contributed by atoms with Gasteiger partial charge in [-0.05, 0) is 6.08 Å². The lowest BCUT2D eigenvalue weighted by atomic mass is 10.3. The maximum Gasteiger partial charge on any atom is 0.129 e. The monoisotopic (exact) mass is 144 g/mol. The Morgan fingerprint density at radius 2 is 2.00 bits per heavy atom. The molecule has 3 heteroatoms. The van der Waals surface area contributed by atoms with Crippen LogP contribution in [0.25, 0.3) is 0 Å². The molecule has 10 heavy (non-hydrogen) atoms. The van der Waals surface area contributed by atoms with Crippen LogP contribution in [-0.4, -0.2) is 5.11 Å². The standard InChI is InChI=1S/C7H6F2O/c8-5-1-2-7(10)4-6(9)3-5/h2-4,10H,1H2. The quantitative estimate of drug-likeness (QED) is 0.553. The van der Waals surface area contributed by atoms with Crippen LogP contribution in [0.4, 0.5) is 8.78 Å². The molecule has 1 rings (SSSR count). The van der Waals surface area contributed by atoms with Crippen LogP contribution in [0.1, 0.15) is 6.42 Å². The van der Waals surface area contributed by atoms with Crippen LogP contribution < -0.4 is 0 Å². The van der Waals surface area contributed by atoms with E-state index < -0.39 is 11.7 Å². The molecule has 0 aromatic rings. The summed E-state index contributed by atoms with van der Waals surface area (Å²) in [6.07, 6.45) is 2.78. The largest absolute Gasteiger partial charge is 0.508 e. The van der Waals surface area contributed by atoms with Crippen molar-refractivity contribution < 1.29 is 13.9 Å². The van der Waals surface area contributed by atoms with Gasteiger partial charge in [0.05, 0.1) is 0 Å². The summed E-state index contributed by atoms with van der Waals surface area (Å²) in [7, 11) is 0. The van der Waals surface area contributed by atoms with Crippen molar-refractivity contribution in [1.29, 1.82) is 0 Å². The highest BCUT2D eigenvalue weighted by Gasteiger charge is 2.02. The maximum absolute atomic E-state index is 12.3. The van der Waals surface area contributed by atoms with Crippen molar-refractivity contribution in [2.45, 2.75) is 6.42 Å². The molecule has 0 radical (unpaired) electrons. The van der Waals surface area contributed by atoms with Gasteiger partial charge in [-0.2, -0.15) is 0 Å². The van der Waals surface area contributed by atoms with Gasteiger partial charge in [0.1, 0.15) is 17.4 Å². The Morgan fingerprint density at radius 1 is 1.30 bits per heavy atom. The molecule has 0 aromatic carbocycles. The SMILES string of the molecule is OC1=CCC(F)=CC(F)=C1. The second kappa shape index (κ2) is 2.64. The van der Waals surface area contributed by atoms with Gasteiger partial charge in [0.15, 0.2) is 0 Å². The van der Waals surface area contributed by atoms with Crippen molar-refractivity contribution in [2.75, 3.05) is 0 Å². The Kier molecular flexibility index (Phi) is 1.85. The lowest BCUT2D eigenvalue weighted by molar-refractivity contribution is 0.427. The summed E-state index contributed by atoms with van der Waals surface area (Å²) in [6, 6.07) is 0. The lowest BCUT2D eigenvalue weighted by Gasteiger charge is -1.85. The van der Waals surface area contributed by atoms with Crippen molar-refractivity contribution in [3.63, 3.8) is 0 Å². The van der Waals surface area contributed by atoms with E-state index in [4.69, 9.17) is 5.11 Å². The summed E-state index contributed by atoms with van der Waals surface area (Å²) in [5, 5.41) is 8.72. The molecule has 0 fully saturated rings. The van der Waals surface area contributed by atoms with Crippen LogP contribution in [0.3, 0.4) is 0 Å². The minimum atomic E-state index is -0.760. The molecule has 0 heterocycles. The highest BCUT2D eigenvalue weighted by atomic mass is 19.1. The molecule has 0 saturated heterocycles. The third-order valence-corrected chi connectivity index (χ3v) is 1.09. The Labute approximate surface area is 57.0 Å². The molecule has 0 aliphatic heterocycles. The molecule has 0 spiro atoms. The third kappa shape index (κ3) is 1.69. The molecular weight excluding hydrogens is 138 g/mol. The zero-order chi connectivity index (χ0) is 7.56. The minimum Gasteiger partial charge on any atom is -0.508 e. The lowest BCUT2D eigenvalue weighted by Crippen LogP contribution is -1.71. The van der Waals surface area contributed by atoms with Crippen LogP contribution in [0.5, 0.6) is 0 Å². The molecule has 0 unspecified atom stereocenters. The van der Waals surface area contributed by atoms with Crippen LogP contribution in [0, 0.1) is 0 Å².